The van der Waals surface area contributed by atoms with Gasteiger partial charge in [-0.1, -0.05) is 28.1 Å². The molecule has 0 fully saturated rings. The lowest BCUT2D eigenvalue weighted by molar-refractivity contribution is -0.117. The van der Waals surface area contributed by atoms with Gasteiger partial charge in [0.2, 0.25) is 5.13 Å². The summed E-state index contributed by atoms with van der Waals surface area (Å²) in [5, 5.41) is 16.5. The van der Waals surface area contributed by atoms with Crippen LogP contribution in [0.3, 0.4) is 0 Å². The van der Waals surface area contributed by atoms with Gasteiger partial charge in [0.1, 0.15) is 5.75 Å². The first-order chi connectivity index (χ1) is 14.5. The number of benzene rings is 2. The van der Waals surface area contributed by atoms with Gasteiger partial charge >= 0.3 is 0 Å². The molecule has 7 nitrogen and oxygen atoms in total. The van der Waals surface area contributed by atoms with Crippen molar-refractivity contribution in [2.24, 2.45) is 15.3 Å². The third-order valence-electron chi connectivity index (χ3n) is 4.35. The number of ether oxygens (including phenoxy) is 1. The quantitative estimate of drug-likeness (QED) is 0.412. The van der Waals surface area contributed by atoms with Crippen LogP contribution in [0.5, 0.6) is 5.75 Å². The number of aromatic nitrogens is 1. The summed E-state index contributed by atoms with van der Waals surface area (Å²) in [5.41, 5.74) is 2.99. The maximum atomic E-state index is 12.9. The summed E-state index contributed by atoms with van der Waals surface area (Å²) in [6, 6.07) is 14.3. The van der Waals surface area contributed by atoms with Crippen molar-refractivity contribution in [2.75, 3.05) is 11.6 Å². The second kappa shape index (κ2) is 8.85. The molecule has 2 aromatic carbocycles. The standard InChI is InChI=1S/C21H18BrN5O2S/c1-3-29-17-10-8-16(9-11-17)24-25-19-13(2)26-27(20(19)28)21-23-18(12-30-21)14-4-6-15(22)7-5-14/h4-12,19H,3H2,1-2H3/t19-/m0/s1. The number of amides is 1. The molecule has 0 unspecified atom stereocenters. The normalized spacial score (nSPS) is 16.4. The van der Waals surface area contributed by atoms with Gasteiger partial charge in [-0.05, 0) is 50.2 Å². The van der Waals surface area contributed by atoms with E-state index in [1.165, 1.54) is 16.3 Å². The van der Waals surface area contributed by atoms with E-state index >= 15 is 0 Å². The Morgan fingerprint density at radius 2 is 1.90 bits per heavy atom. The molecule has 1 aliphatic heterocycles. The van der Waals surface area contributed by atoms with Crippen molar-refractivity contribution in [1.29, 1.82) is 0 Å². The summed E-state index contributed by atoms with van der Waals surface area (Å²) in [6.07, 6.45) is 0. The van der Waals surface area contributed by atoms with Crippen molar-refractivity contribution in [2.45, 2.75) is 19.9 Å². The molecule has 3 aromatic rings. The van der Waals surface area contributed by atoms with Crippen LogP contribution in [0.2, 0.25) is 0 Å². The van der Waals surface area contributed by atoms with Crippen molar-refractivity contribution in [3.63, 3.8) is 0 Å². The average Bonchev–Trinajstić information content (AvgIpc) is 3.33. The highest BCUT2D eigenvalue weighted by molar-refractivity contribution is 9.10. The van der Waals surface area contributed by atoms with Gasteiger partial charge in [-0.2, -0.15) is 20.3 Å². The summed E-state index contributed by atoms with van der Waals surface area (Å²) in [6.45, 7) is 4.30. The number of carbonyl (C=O) groups is 1. The Hall–Kier alpha value is -2.91. The first-order valence-corrected chi connectivity index (χ1v) is 11.0. The van der Waals surface area contributed by atoms with Crippen molar-refractivity contribution in [3.05, 3.63) is 58.4 Å². The minimum absolute atomic E-state index is 0.265. The molecular formula is C21H18BrN5O2S. The van der Waals surface area contributed by atoms with E-state index < -0.39 is 6.04 Å². The Labute approximate surface area is 186 Å². The third kappa shape index (κ3) is 4.31. The zero-order chi connectivity index (χ0) is 21.1. The first kappa shape index (κ1) is 20.4. The van der Waals surface area contributed by atoms with Crippen LogP contribution in [-0.4, -0.2) is 29.3 Å². The Balaban J connectivity index is 1.49. The summed E-state index contributed by atoms with van der Waals surface area (Å²) in [5.74, 6) is 0.501. The van der Waals surface area contributed by atoms with E-state index in [4.69, 9.17) is 4.74 Å². The number of azo groups is 1. The molecule has 1 aromatic heterocycles. The average molecular weight is 484 g/mol. The van der Waals surface area contributed by atoms with E-state index in [0.717, 1.165) is 21.5 Å². The summed E-state index contributed by atoms with van der Waals surface area (Å²) in [7, 11) is 0. The molecule has 0 saturated heterocycles. The van der Waals surface area contributed by atoms with Crippen molar-refractivity contribution in [3.8, 4) is 17.0 Å². The molecule has 0 spiro atoms. The molecular weight excluding hydrogens is 466 g/mol. The smallest absolute Gasteiger partial charge is 0.282 e. The predicted octanol–water partition coefficient (Wildman–Crippen LogP) is 5.85. The van der Waals surface area contributed by atoms with Crippen LogP contribution in [0.1, 0.15) is 13.8 Å². The van der Waals surface area contributed by atoms with E-state index in [0.29, 0.717) is 23.1 Å². The number of hydrogen-bond acceptors (Lipinski definition) is 7. The lowest BCUT2D eigenvalue weighted by atomic mass is 10.2. The van der Waals surface area contributed by atoms with Crippen LogP contribution in [0, 0.1) is 0 Å². The Morgan fingerprint density at radius 1 is 1.17 bits per heavy atom. The second-order valence-corrected chi connectivity index (χ2v) is 8.21. The summed E-state index contributed by atoms with van der Waals surface area (Å²) < 4.78 is 6.41. The number of carbonyl (C=O) groups excluding carboxylic acids is 1. The van der Waals surface area contributed by atoms with Crippen molar-refractivity contribution in [1.82, 2.24) is 4.98 Å². The highest BCUT2D eigenvalue weighted by atomic mass is 79.9. The molecule has 1 amide bonds. The van der Waals surface area contributed by atoms with E-state index in [9.17, 15) is 4.79 Å². The fraction of sp³-hybridized carbons (Fsp3) is 0.190. The molecule has 1 atom stereocenters. The Morgan fingerprint density at radius 3 is 2.60 bits per heavy atom. The monoisotopic (exact) mass is 483 g/mol. The van der Waals surface area contributed by atoms with Gasteiger partial charge in [-0.25, -0.2) is 4.98 Å². The van der Waals surface area contributed by atoms with Crippen LogP contribution in [0.25, 0.3) is 11.3 Å². The minimum Gasteiger partial charge on any atom is -0.494 e. The molecule has 0 radical (unpaired) electrons. The minimum atomic E-state index is -0.753. The van der Waals surface area contributed by atoms with Gasteiger partial charge in [0.25, 0.3) is 5.91 Å². The molecule has 0 N–H and O–H groups in total. The predicted molar refractivity (Wildman–Crippen MR) is 122 cm³/mol. The van der Waals surface area contributed by atoms with Gasteiger partial charge in [0, 0.05) is 15.4 Å². The summed E-state index contributed by atoms with van der Waals surface area (Å²) in [4.78, 5) is 17.4. The zero-order valence-electron chi connectivity index (χ0n) is 16.3. The van der Waals surface area contributed by atoms with Crippen molar-refractivity contribution < 1.29 is 9.53 Å². The van der Waals surface area contributed by atoms with Gasteiger partial charge in [-0.15, -0.1) is 11.3 Å². The number of hydrogen-bond donors (Lipinski definition) is 0. The molecule has 0 bridgehead atoms. The first-order valence-electron chi connectivity index (χ1n) is 9.29. The maximum Gasteiger partial charge on any atom is 0.282 e. The Bertz CT molecular complexity index is 1110. The molecule has 30 heavy (non-hydrogen) atoms. The number of halogens is 1. The molecule has 0 saturated carbocycles. The topological polar surface area (TPSA) is 79.5 Å². The molecule has 0 aliphatic carbocycles. The lowest BCUT2D eigenvalue weighted by Gasteiger charge is -2.08. The summed E-state index contributed by atoms with van der Waals surface area (Å²) >= 11 is 4.79. The molecule has 9 heteroatoms. The molecule has 152 valence electrons. The molecule has 1 aliphatic rings. The number of nitrogens with zero attached hydrogens (tertiary/aromatic N) is 5. The van der Waals surface area contributed by atoms with Crippen LogP contribution in [0.4, 0.5) is 10.8 Å². The van der Waals surface area contributed by atoms with Gasteiger partial charge < -0.3 is 4.74 Å². The van der Waals surface area contributed by atoms with E-state index in [1.807, 2.05) is 48.7 Å². The Kier molecular flexibility index (Phi) is 6.01. The van der Waals surface area contributed by atoms with Gasteiger partial charge in [0.15, 0.2) is 6.04 Å². The third-order valence-corrected chi connectivity index (χ3v) is 5.69. The number of rotatable bonds is 6. The molecule has 4 rings (SSSR count). The highest BCUT2D eigenvalue weighted by Crippen LogP contribution is 2.31. The van der Waals surface area contributed by atoms with Crippen LogP contribution >= 0.6 is 27.3 Å². The van der Waals surface area contributed by atoms with Gasteiger partial charge in [0.05, 0.1) is 23.7 Å². The maximum absolute atomic E-state index is 12.9. The number of anilines is 1. The molecule has 2 heterocycles. The van der Waals surface area contributed by atoms with Gasteiger partial charge in [-0.3, -0.25) is 4.79 Å². The van der Waals surface area contributed by atoms with Crippen LogP contribution in [-0.2, 0) is 4.79 Å². The highest BCUT2D eigenvalue weighted by Gasteiger charge is 2.36. The lowest BCUT2D eigenvalue weighted by Crippen LogP contribution is -2.29. The van der Waals surface area contributed by atoms with E-state index in [-0.39, 0.29) is 5.91 Å². The number of thiazole rings is 1. The fourth-order valence-corrected chi connectivity index (χ4v) is 3.89. The van der Waals surface area contributed by atoms with E-state index in [2.05, 4.69) is 36.2 Å². The van der Waals surface area contributed by atoms with E-state index in [1.54, 1.807) is 19.1 Å². The largest absolute Gasteiger partial charge is 0.494 e. The zero-order valence-corrected chi connectivity index (χ0v) is 18.7. The number of hydrazone groups is 1. The fourth-order valence-electron chi connectivity index (χ4n) is 2.84. The SMILES string of the molecule is CCOc1ccc(N=N[C@@H]2C(=O)N(c3nc(-c4ccc(Br)cc4)cs3)N=C2C)cc1. The van der Waals surface area contributed by atoms with Crippen molar-refractivity contribution >= 4 is 49.7 Å². The second-order valence-electron chi connectivity index (χ2n) is 6.46. The van der Waals surface area contributed by atoms with Crippen LogP contribution in [0.15, 0.2) is 73.7 Å². The van der Waals surface area contributed by atoms with Crippen LogP contribution < -0.4 is 9.75 Å².